The van der Waals surface area contributed by atoms with E-state index in [1.807, 2.05) is 0 Å². The zero-order valence-electron chi connectivity index (χ0n) is 10.5. The summed E-state index contributed by atoms with van der Waals surface area (Å²) < 4.78 is 1.64. The maximum absolute atomic E-state index is 11.3. The summed E-state index contributed by atoms with van der Waals surface area (Å²) in [6, 6.07) is 5.41. The maximum Gasteiger partial charge on any atom is 0.352 e. The summed E-state index contributed by atoms with van der Waals surface area (Å²) in [7, 11) is 0. The number of nitrogens with one attached hydrogen (secondary N) is 1. The molecule has 3 rings (SSSR count). The second-order valence-electron chi connectivity index (χ2n) is 4.88. The van der Waals surface area contributed by atoms with Gasteiger partial charge < -0.3 is 10.4 Å². The molecule has 0 radical (unpaired) electrons. The molecule has 1 aliphatic rings. The van der Waals surface area contributed by atoms with Crippen molar-refractivity contribution in [2.75, 3.05) is 6.54 Å². The lowest BCUT2D eigenvalue weighted by molar-refractivity contribution is 0.0688. The van der Waals surface area contributed by atoms with Gasteiger partial charge in [0, 0.05) is 12.5 Å². The van der Waals surface area contributed by atoms with Gasteiger partial charge >= 0.3 is 5.97 Å². The van der Waals surface area contributed by atoms with Crippen LogP contribution in [0.15, 0.2) is 18.2 Å². The Morgan fingerprint density at radius 1 is 1.42 bits per heavy atom. The summed E-state index contributed by atoms with van der Waals surface area (Å²) in [5.74, 6) is -0.240. The molecule has 1 fully saturated rings. The molecule has 2 N–H and O–H groups in total. The first-order valence-electron chi connectivity index (χ1n) is 6.55. The molecule has 100 valence electrons. The molecule has 6 nitrogen and oxygen atoms in total. The van der Waals surface area contributed by atoms with E-state index in [2.05, 4.69) is 15.5 Å². The molecule has 0 spiro atoms. The zero-order valence-corrected chi connectivity index (χ0v) is 10.5. The Morgan fingerprint density at radius 3 is 3.05 bits per heavy atom. The van der Waals surface area contributed by atoms with Crippen LogP contribution in [0, 0.1) is 0 Å². The third kappa shape index (κ3) is 2.31. The molecule has 0 aliphatic carbocycles. The number of hydrogen-bond donors (Lipinski definition) is 2. The standard InChI is InChI=1S/C13H16N4O2/c18-13(19)10-5-3-6-11-15-16-12(17(10)11)8-9-4-1-2-7-14-9/h3,5-6,9,14H,1-2,4,7-8H2,(H,18,19). The normalized spacial score (nSPS) is 19.7. The van der Waals surface area contributed by atoms with Gasteiger partial charge in [0.05, 0.1) is 0 Å². The first-order valence-corrected chi connectivity index (χ1v) is 6.55. The fraction of sp³-hybridized carbons (Fsp3) is 0.462. The van der Waals surface area contributed by atoms with E-state index < -0.39 is 5.97 Å². The molecule has 3 heterocycles. The molecule has 6 heteroatoms. The Kier molecular flexibility index (Phi) is 3.16. The van der Waals surface area contributed by atoms with Crippen molar-refractivity contribution in [3.8, 4) is 0 Å². The van der Waals surface area contributed by atoms with Crippen LogP contribution in [0.3, 0.4) is 0 Å². The van der Waals surface area contributed by atoms with Crippen LogP contribution >= 0.6 is 0 Å². The quantitative estimate of drug-likeness (QED) is 0.864. The van der Waals surface area contributed by atoms with Crippen molar-refractivity contribution in [3.63, 3.8) is 0 Å². The number of pyridine rings is 1. The lowest BCUT2D eigenvalue weighted by Crippen LogP contribution is -2.36. The van der Waals surface area contributed by atoms with Gasteiger partial charge in [0.15, 0.2) is 5.65 Å². The summed E-state index contributed by atoms with van der Waals surface area (Å²) in [4.78, 5) is 11.3. The number of fused-ring (bicyclic) bond motifs is 1. The first-order chi connectivity index (χ1) is 9.25. The molecule has 1 atom stereocenters. The summed E-state index contributed by atoms with van der Waals surface area (Å²) in [6.07, 6.45) is 4.23. The van der Waals surface area contributed by atoms with E-state index in [1.165, 1.54) is 12.8 Å². The number of aromatic carboxylic acids is 1. The molecule has 19 heavy (non-hydrogen) atoms. The topological polar surface area (TPSA) is 79.5 Å². The summed E-state index contributed by atoms with van der Waals surface area (Å²) >= 11 is 0. The van der Waals surface area contributed by atoms with Crippen molar-refractivity contribution >= 4 is 11.6 Å². The van der Waals surface area contributed by atoms with Crippen LogP contribution < -0.4 is 5.32 Å². The van der Waals surface area contributed by atoms with Crippen molar-refractivity contribution in [3.05, 3.63) is 29.7 Å². The van der Waals surface area contributed by atoms with Crippen LogP contribution in [0.1, 0.15) is 35.6 Å². The van der Waals surface area contributed by atoms with Gasteiger partial charge in [0.2, 0.25) is 0 Å². The van der Waals surface area contributed by atoms with E-state index in [-0.39, 0.29) is 5.69 Å². The van der Waals surface area contributed by atoms with Gasteiger partial charge in [-0.15, -0.1) is 10.2 Å². The SMILES string of the molecule is O=C(O)c1cccc2nnc(CC3CCCCN3)n12. The van der Waals surface area contributed by atoms with Crippen LogP contribution in [0.4, 0.5) is 0 Å². The van der Waals surface area contributed by atoms with Crippen molar-refractivity contribution in [2.24, 2.45) is 0 Å². The van der Waals surface area contributed by atoms with Gasteiger partial charge in [0.25, 0.3) is 0 Å². The molecular formula is C13H16N4O2. The van der Waals surface area contributed by atoms with Gasteiger partial charge in [0.1, 0.15) is 11.5 Å². The number of carboxylic acids is 1. The van der Waals surface area contributed by atoms with Crippen LogP contribution in [0.5, 0.6) is 0 Å². The van der Waals surface area contributed by atoms with E-state index in [9.17, 15) is 9.90 Å². The van der Waals surface area contributed by atoms with Crippen LogP contribution in [-0.4, -0.2) is 38.3 Å². The van der Waals surface area contributed by atoms with E-state index >= 15 is 0 Å². The second-order valence-corrected chi connectivity index (χ2v) is 4.88. The molecule has 2 aromatic heterocycles. The van der Waals surface area contributed by atoms with Crippen molar-refractivity contribution in [2.45, 2.75) is 31.7 Å². The fourth-order valence-electron chi connectivity index (χ4n) is 2.62. The Hall–Kier alpha value is -1.95. The molecule has 0 saturated carbocycles. The minimum absolute atomic E-state index is 0.216. The summed E-state index contributed by atoms with van der Waals surface area (Å²) in [5, 5.41) is 20.9. The maximum atomic E-state index is 11.3. The monoisotopic (exact) mass is 260 g/mol. The Morgan fingerprint density at radius 2 is 2.32 bits per heavy atom. The van der Waals surface area contributed by atoms with Crippen LogP contribution in [0.25, 0.3) is 5.65 Å². The van der Waals surface area contributed by atoms with E-state index in [4.69, 9.17) is 0 Å². The highest BCUT2D eigenvalue weighted by Crippen LogP contribution is 2.14. The number of nitrogens with zero attached hydrogens (tertiary/aromatic N) is 3. The Labute approximate surface area is 110 Å². The Bertz CT molecular complexity index is 602. The minimum atomic E-state index is -0.955. The minimum Gasteiger partial charge on any atom is -0.477 e. The molecule has 1 saturated heterocycles. The van der Waals surface area contributed by atoms with Gasteiger partial charge in [-0.25, -0.2) is 4.79 Å². The smallest absolute Gasteiger partial charge is 0.352 e. The average molecular weight is 260 g/mol. The summed E-state index contributed by atoms with van der Waals surface area (Å²) in [5.41, 5.74) is 0.805. The number of carbonyl (C=O) groups is 1. The highest BCUT2D eigenvalue weighted by molar-refractivity contribution is 5.86. The third-order valence-corrected chi connectivity index (χ3v) is 3.56. The molecule has 1 unspecified atom stereocenters. The molecule has 0 aromatic carbocycles. The highest BCUT2D eigenvalue weighted by Gasteiger charge is 2.19. The van der Waals surface area contributed by atoms with E-state index in [0.717, 1.165) is 13.0 Å². The number of hydrogen-bond acceptors (Lipinski definition) is 4. The molecule has 0 bridgehead atoms. The zero-order chi connectivity index (χ0) is 13.2. The van der Waals surface area contributed by atoms with Crippen LogP contribution in [0.2, 0.25) is 0 Å². The fourth-order valence-corrected chi connectivity index (χ4v) is 2.62. The van der Waals surface area contributed by atoms with Crippen LogP contribution in [-0.2, 0) is 6.42 Å². The molecule has 2 aromatic rings. The van der Waals surface area contributed by atoms with Gasteiger partial charge in [-0.05, 0) is 31.5 Å². The number of rotatable bonds is 3. The number of piperidine rings is 1. The van der Waals surface area contributed by atoms with Gasteiger partial charge in [-0.2, -0.15) is 0 Å². The Balaban J connectivity index is 1.96. The predicted octanol–water partition coefficient (Wildman–Crippen LogP) is 1.11. The lowest BCUT2D eigenvalue weighted by atomic mass is 10.0. The first kappa shape index (κ1) is 12.1. The largest absolute Gasteiger partial charge is 0.477 e. The third-order valence-electron chi connectivity index (χ3n) is 3.56. The number of aromatic nitrogens is 3. The van der Waals surface area contributed by atoms with Gasteiger partial charge in [-0.3, -0.25) is 4.40 Å². The predicted molar refractivity (Wildman–Crippen MR) is 69.3 cm³/mol. The highest BCUT2D eigenvalue weighted by atomic mass is 16.4. The second kappa shape index (κ2) is 4.97. The number of carboxylic acid groups (broad SMARTS) is 1. The van der Waals surface area contributed by atoms with Crippen molar-refractivity contribution < 1.29 is 9.90 Å². The average Bonchev–Trinajstić information content (AvgIpc) is 2.83. The molecule has 0 amide bonds. The van der Waals surface area contributed by atoms with Crippen molar-refractivity contribution in [1.82, 2.24) is 19.9 Å². The van der Waals surface area contributed by atoms with E-state index in [0.29, 0.717) is 23.9 Å². The lowest BCUT2D eigenvalue weighted by Gasteiger charge is -2.22. The van der Waals surface area contributed by atoms with Gasteiger partial charge in [-0.1, -0.05) is 12.5 Å². The van der Waals surface area contributed by atoms with Crippen molar-refractivity contribution in [1.29, 1.82) is 0 Å². The molecular weight excluding hydrogens is 244 g/mol. The molecule has 1 aliphatic heterocycles. The summed E-state index contributed by atoms with van der Waals surface area (Å²) in [6.45, 7) is 1.02. The van der Waals surface area contributed by atoms with E-state index in [1.54, 1.807) is 22.6 Å².